The molecule has 1 atom stereocenters. The number of carbonyl (C=O) groups is 1. The highest BCUT2D eigenvalue weighted by molar-refractivity contribution is 7.90. The molecule has 2 N–H and O–H groups in total. The fourth-order valence-corrected chi connectivity index (χ4v) is 3.40. The molecule has 1 aromatic heterocycles. The second-order valence-corrected chi connectivity index (χ2v) is 6.00. The fourth-order valence-electron chi connectivity index (χ4n) is 2.06. The number of ether oxygens (including phenoxy) is 1. The van der Waals surface area contributed by atoms with E-state index < -0.39 is 22.2 Å². The van der Waals surface area contributed by atoms with Crippen LogP contribution in [0, 0.1) is 6.92 Å². The van der Waals surface area contributed by atoms with Gasteiger partial charge in [0.15, 0.2) is 0 Å². The third-order valence-corrected chi connectivity index (χ3v) is 4.38. The molecule has 1 aliphatic heterocycles. The second kappa shape index (κ2) is 5.75. The van der Waals surface area contributed by atoms with Crippen molar-refractivity contribution < 1.29 is 17.9 Å². The number of aryl methyl sites for hydroxylation is 1. The van der Waals surface area contributed by atoms with Crippen LogP contribution in [-0.2, 0) is 19.7 Å². The van der Waals surface area contributed by atoms with Crippen LogP contribution < -0.4 is 4.72 Å². The van der Waals surface area contributed by atoms with Gasteiger partial charge in [-0.25, -0.2) is 4.72 Å². The van der Waals surface area contributed by atoms with E-state index in [-0.39, 0.29) is 19.1 Å². The minimum atomic E-state index is -3.87. The first-order chi connectivity index (χ1) is 9.44. The van der Waals surface area contributed by atoms with Crippen LogP contribution in [0.5, 0.6) is 0 Å². The molecule has 20 heavy (non-hydrogen) atoms. The normalized spacial score (nSPS) is 20.0. The van der Waals surface area contributed by atoms with Gasteiger partial charge in [0.2, 0.25) is 0 Å². The van der Waals surface area contributed by atoms with E-state index in [0.717, 1.165) is 4.31 Å². The van der Waals surface area contributed by atoms with E-state index in [9.17, 15) is 13.2 Å². The van der Waals surface area contributed by atoms with Crippen LogP contribution in [0.25, 0.3) is 0 Å². The molecule has 1 unspecified atom stereocenters. The van der Waals surface area contributed by atoms with E-state index in [0.29, 0.717) is 18.7 Å². The van der Waals surface area contributed by atoms with Crippen molar-refractivity contribution in [1.82, 2.24) is 19.5 Å². The number of rotatable bonds is 5. The minimum Gasteiger partial charge on any atom is -0.465 e. The standard InChI is InChI=1S/C10H17N5O4S/c1-3-19-9(16)8-5-4-6-15(8)20(17,18)14-10-11-7(2)12-13-10/h8H,3-6H2,1-2H3,(H2,11,12,13,14). The Kier molecular flexibility index (Phi) is 4.23. The number of anilines is 1. The Morgan fingerprint density at radius 3 is 2.95 bits per heavy atom. The van der Waals surface area contributed by atoms with Gasteiger partial charge >= 0.3 is 16.2 Å². The van der Waals surface area contributed by atoms with Crippen molar-refractivity contribution in [3.05, 3.63) is 5.82 Å². The molecule has 0 spiro atoms. The predicted molar refractivity (Wildman–Crippen MR) is 70.0 cm³/mol. The molecule has 2 heterocycles. The lowest BCUT2D eigenvalue weighted by molar-refractivity contribution is -0.146. The number of aromatic nitrogens is 3. The number of H-pyrrole nitrogens is 1. The van der Waals surface area contributed by atoms with Gasteiger partial charge in [-0.15, -0.1) is 5.10 Å². The van der Waals surface area contributed by atoms with Crippen molar-refractivity contribution in [2.45, 2.75) is 32.7 Å². The third-order valence-electron chi connectivity index (χ3n) is 2.89. The molecule has 2 rings (SSSR count). The van der Waals surface area contributed by atoms with Crippen LogP contribution in [0.4, 0.5) is 5.95 Å². The number of esters is 1. The molecule has 0 saturated carbocycles. The summed E-state index contributed by atoms with van der Waals surface area (Å²) in [5, 5.41) is 6.25. The molecule has 1 aliphatic rings. The molecule has 0 bridgehead atoms. The number of aromatic amines is 1. The molecule has 1 fully saturated rings. The molecule has 112 valence electrons. The van der Waals surface area contributed by atoms with Gasteiger partial charge in [0.1, 0.15) is 11.9 Å². The van der Waals surface area contributed by atoms with Crippen LogP contribution in [-0.4, -0.2) is 53.1 Å². The zero-order valence-corrected chi connectivity index (χ0v) is 12.1. The van der Waals surface area contributed by atoms with Gasteiger partial charge in [-0.2, -0.15) is 17.7 Å². The van der Waals surface area contributed by atoms with Gasteiger partial charge in [-0.1, -0.05) is 0 Å². The van der Waals surface area contributed by atoms with Crippen LogP contribution in [0.2, 0.25) is 0 Å². The number of hydrogen-bond donors (Lipinski definition) is 2. The van der Waals surface area contributed by atoms with Crippen molar-refractivity contribution >= 4 is 22.1 Å². The summed E-state index contributed by atoms with van der Waals surface area (Å²) in [4.78, 5) is 15.6. The average molecular weight is 303 g/mol. The summed E-state index contributed by atoms with van der Waals surface area (Å²) >= 11 is 0. The summed E-state index contributed by atoms with van der Waals surface area (Å²) < 4.78 is 32.7. The predicted octanol–water partition coefficient (Wildman–Crippen LogP) is -0.203. The Morgan fingerprint density at radius 2 is 2.35 bits per heavy atom. The Hall–Kier alpha value is -1.68. The first-order valence-electron chi connectivity index (χ1n) is 6.29. The Labute approximate surface area is 116 Å². The minimum absolute atomic E-state index is 0.0444. The van der Waals surface area contributed by atoms with Gasteiger partial charge in [-0.3, -0.25) is 9.89 Å². The van der Waals surface area contributed by atoms with E-state index in [1.807, 2.05) is 0 Å². The molecular weight excluding hydrogens is 286 g/mol. The summed E-state index contributed by atoms with van der Waals surface area (Å²) in [6.07, 6.45) is 1.06. The molecular formula is C10H17N5O4S. The van der Waals surface area contributed by atoms with Crippen molar-refractivity contribution in [3.8, 4) is 0 Å². The highest BCUT2D eigenvalue weighted by atomic mass is 32.2. The highest BCUT2D eigenvalue weighted by Gasteiger charge is 2.40. The van der Waals surface area contributed by atoms with Gasteiger partial charge in [0.25, 0.3) is 5.95 Å². The number of nitrogens with one attached hydrogen (secondary N) is 2. The van der Waals surface area contributed by atoms with Gasteiger partial charge in [0, 0.05) is 6.54 Å². The Bertz CT molecular complexity index is 584. The van der Waals surface area contributed by atoms with E-state index >= 15 is 0 Å². The maximum absolute atomic E-state index is 12.2. The van der Waals surface area contributed by atoms with Crippen molar-refractivity contribution in [3.63, 3.8) is 0 Å². The zero-order chi connectivity index (χ0) is 14.8. The van der Waals surface area contributed by atoms with Gasteiger partial charge < -0.3 is 4.74 Å². The van der Waals surface area contributed by atoms with Gasteiger partial charge in [-0.05, 0) is 26.7 Å². The number of carbonyl (C=O) groups excluding carboxylic acids is 1. The maximum atomic E-state index is 12.2. The monoisotopic (exact) mass is 303 g/mol. The SMILES string of the molecule is CCOC(=O)C1CCCN1S(=O)(=O)Nc1n[nH]c(C)n1. The summed E-state index contributed by atoms with van der Waals surface area (Å²) in [5.41, 5.74) is 0. The maximum Gasteiger partial charge on any atom is 0.324 e. The lowest BCUT2D eigenvalue weighted by Crippen LogP contribution is -2.44. The van der Waals surface area contributed by atoms with Crippen molar-refractivity contribution in [2.75, 3.05) is 17.9 Å². The van der Waals surface area contributed by atoms with Crippen LogP contribution >= 0.6 is 0 Å². The molecule has 0 radical (unpaired) electrons. The first kappa shape index (κ1) is 14.7. The molecule has 1 saturated heterocycles. The zero-order valence-electron chi connectivity index (χ0n) is 11.3. The largest absolute Gasteiger partial charge is 0.465 e. The number of hydrogen-bond acceptors (Lipinski definition) is 6. The lowest BCUT2D eigenvalue weighted by Gasteiger charge is -2.22. The van der Waals surface area contributed by atoms with Gasteiger partial charge in [0.05, 0.1) is 6.61 Å². The second-order valence-electron chi connectivity index (χ2n) is 4.37. The Balaban J connectivity index is 2.13. The summed E-state index contributed by atoms with van der Waals surface area (Å²) in [6.45, 7) is 3.82. The molecule has 0 aromatic carbocycles. The first-order valence-corrected chi connectivity index (χ1v) is 7.73. The van der Waals surface area contributed by atoms with E-state index in [4.69, 9.17) is 4.74 Å². The molecule has 0 aliphatic carbocycles. The summed E-state index contributed by atoms with van der Waals surface area (Å²) in [5.74, 6) is -0.0791. The highest BCUT2D eigenvalue weighted by Crippen LogP contribution is 2.22. The van der Waals surface area contributed by atoms with Crippen LogP contribution in [0.3, 0.4) is 0 Å². The van der Waals surface area contributed by atoms with Crippen LogP contribution in [0.1, 0.15) is 25.6 Å². The van der Waals surface area contributed by atoms with E-state index in [2.05, 4.69) is 19.9 Å². The molecule has 1 aromatic rings. The number of nitrogens with zero attached hydrogens (tertiary/aromatic N) is 3. The van der Waals surface area contributed by atoms with E-state index in [1.165, 1.54) is 0 Å². The summed E-state index contributed by atoms with van der Waals surface area (Å²) in [6, 6.07) is -0.785. The topological polar surface area (TPSA) is 117 Å². The van der Waals surface area contributed by atoms with Crippen LogP contribution in [0.15, 0.2) is 0 Å². The van der Waals surface area contributed by atoms with E-state index in [1.54, 1.807) is 13.8 Å². The fraction of sp³-hybridized carbons (Fsp3) is 0.700. The summed E-state index contributed by atoms with van der Waals surface area (Å²) in [7, 11) is -3.87. The van der Waals surface area contributed by atoms with Crippen molar-refractivity contribution in [1.29, 1.82) is 0 Å². The molecule has 10 heteroatoms. The molecule has 0 amide bonds. The quantitative estimate of drug-likeness (QED) is 0.727. The Morgan fingerprint density at radius 1 is 1.60 bits per heavy atom. The lowest BCUT2D eigenvalue weighted by atomic mass is 10.2. The average Bonchev–Trinajstić information content (AvgIpc) is 2.98. The third kappa shape index (κ3) is 3.07. The smallest absolute Gasteiger partial charge is 0.324 e. The van der Waals surface area contributed by atoms with Crippen molar-refractivity contribution in [2.24, 2.45) is 0 Å². The molecule has 9 nitrogen and oxygen atoms in total.